The number of carbonyl (C=O) groups is 3. The lowest BCUT2D eigenvalue weighted by molar-refractivity contribution is -0.0785. The fourth-order valence-electron chi connectivity index (χ4n) is 7.10. The van der Waals surface area contributed by atoms with Crippen LogP contribution in [-0.2, 0) is 20.8 Å². The molecule has 13 heteroatoms. The number of hydrogen-bond donors (Lipinski definition) is 0. The van der Waals surface area contributed by atoms with Crippen molar-refractivity contribution in [1.29, 1.82) is 0 Å². The van der Waals surface area contributed by atoms with Gasteiger partial charge in [0.1, 0.15) is 29.7 Å². The van der Waals surface area contributed by atoms with Gasteiger partial charge in [-0.25, -0.2) is 14.4 Å². The largest absolute Gasteiger partial charge is 0.472 e. The minimum atomic E-state index is -0.736. The quantitative estimate of drug-likeness (QED) is 0.235. The Morgan fingerprint density at radius 1 is 0.961 bits per heavy atom. The maximum absolute atomic E-state index is 14.1. The standard InChI is InChI=1S/C38H52N6O7/c1-25(2)29-20-39-44-31(43(35(47)51-37(6,7)8)27-18-38(19-27)23-42(24-38)34(46)50-36(3,4)5)17-30(40-32(29)44)49-28-15-12-16-41(21-28)33(45)48-22-26-13-10-9-11-14-26/h9-11,13-14,17,20,25,27-28H,12,15-16,18-19,21-24H2,1-8H3/t28-/m1/s1. The normalized spacial score (nSPS) is 19.0. The highest BCUT2D eigenvalue weighted by atomic mass is 16.6. The molecule has 6 rings (SSSR count). The summed E-state index contributed by atoms with van der Waals surface area (Å²) >= 11 is 0. The van der Waals surface area contributed by atoms with E-state index >= 15 is 0 Å². The van der Waals surface area contributed by atoms with E-state index in [1.54, 1.807) is 31.5 Å². The maximum atomic E-state index is 14.1. The SMILES string of the molecule is CC(C)c1cnn2c(N(C(=O)OC(C)(C)C)C3CC4(C3)CN(C(=O)OC(C)(C)C)C4)cc(O[C@@H]3CCCN(C(=O)OCc4ccccc4)C3)nc12. The van der Waals surface area contributed by atoms with Crippen molar-refractivity contribution in [1.82, 2.24) is 24.4 Å². The first-order valence-corrected chi connectivity index (χ1v) is 18.0. The third kappa shape index (κ3) is 8.34. The van der Waals surface area contributed by atoms with Gasteiger partial charge >= 0.3 is 18.3 Å². The molecule has 4 heterocycles. The molecule has 1 saturated carbocycles. The van der Waals surface area contributed by atoms with Crippen LogP contribution in [0, 0.1) is 5.41 Å². The molecule has 0 bridgehead atoms. The van der Waals surface area contributed by atoms with E-state index in [4.69, 9.17) is 29.0 Å². The number of piperidine rings is 1. The van der Waals surface area contributed by atoms with Crippen molar-refractivity contribution in [2.75, 3.05) is 31.1 Å². The molecule has 3 aliphatic rings. The molecule has 2 aliphatic heterocycles. The molecular formula is C38H52N6O7. The monoisotopic (exact) mass is 704 g/mol. The van der Waals surface area contributed by atoms with E-state index in [1.165, 1.54) is 0 Å². The molecule has 51 heavy (non-hydrogen) atoms. The van der Waals surface area contributed by atoms with Crippen molar-refractivity contribution in [3.63, 3.8) is 0 Å². The average Bonchev–Trinajstić information content (AvgIpc) is 3.43. The van der Waals surface area contributed by atoms with Crippen LogP contribution in [0.4, 0.5) is 20.2 Å². The number of carbonyl (C=O) groups excluding carboxylic acids is 3. The Labute approximate surface area is 300 Å². The van der Waals surface area contributed by atoms with E-state index < -0.39 is 17.3 Å². The lowest BCUT2D eigenvalue weighted by Gasteiger charge is -2.60. The summed E-state index contributed by atoms with van der Waals surface area (Å²) in [6.45, 7) is 17.5. The van der Waals surface area contributed by atoms with Crippen LogP contribution < -0.4 is 9.64 Å². The first-order valence-electron chi connectivity index (χ1n) is 18.0. The summed E-state index contributed by atoms with van der Waals surface area (Å²) < 4.78 is 25.4. The topological polar surface area (TPSA) is 128 Å². The van der Waals surface area contributed by atoms with Gasteiger partial charge in [-0.3, -0.25) is 4.90 Å². The van der Waals surface area contributed by atoms with Crippen LogP contribution in [0.5, 0.6) is 5.88 Å². The Bertz CT molecular complexity index is 1730. The van der Waals surface area contributed by atoms with Gasteiger partial charge in [0.15, 0.2) is 5.65 Å². The lowest BCUT2D eigenvalue weighted by atomic mass is 9.60. The zero-order valence-electron chi connectivity index (χ0n) is 31.2. The Morgan fingerprint density at radius 2 is 1.65 bits per heavy atom. The third-order valence-electron chi connectivity index (χ3n) is 9.45. The van der Waals surface area contributed by atoms with E-state index in [1.807, 2.05) is 71.9 Å². The molecule has 3 amide bonds. The zero-order chi connectivity index (χ0) is 36.7. The fraction of sp³-hybridized carbons (Fsp3) is 0.605. The van der Waals surface area contributed by atoms with Crippen LogP contribution in [0.1, 0.15) is 98.1 Å². The first-order chi connectivity index (χ1) is 24.0. The van der Waals surface area contributed by atoms with E-state index in [0.29, 0.717) is 56.4 Å². The number of aromatic nitrogens is 3. The lowest BCUT2D eigenvalue weighted by Crippen LogP contribution is -2.68. The number of fused-ring (bicyclic) bond motifs is 1. The van der Waals surface area contributed by atoms with Crippen molar-refractivity contribution in [2.24, 2.45) is 5.41 Å². The molecule has 3 fully saturated rings. The van der Waals surface area contributed by atoms with Crippen LogP contribution >= 0.6 is 0 Å². The van der Waals surface area contributed by atoms with Gasteiger partial charge in [-0.2, -0.15) is 14.6 Å². The van der Waals surface area contributed by atoms with Gasteiger partial charge < -0.3 is 28.7 Å². The molecule has 0 N–H and O–H groups in total. The van der Waals surface area contributed by atoms with Gasteiger partial charge in [-0.05, 0) is 78.7 Å². The second-order valence-corrected chi connectivity index (χ2v) is 16.6. The first kappa shape index (κ1) is 36.2. The van der Waals surface area contributed by atoms with Crippen molar-refractivity contribution >= 4 is 29.7 Å². The number of anilines is 1. The highest BCUT2D eigenvalue weighted by Gasteiger charge is 2.57. The number of amides is 3. The molecule has 2 saturated heterocycles. The van der Waals surface area contributed by atoms with Crippen LogP contribution in [-0.4, -0.2) is 92.2 Å². The van der Waals surface area contributed by atoms with Crippen molar-refractivity contribution in [2.45, 2.75) is 117 Å². The van der Waals surface area contributed by atoms with Gasteiger partial charge in [-0.15, -0.1) is 0 Å². The van der Waals surface area contributed by atoms with Crippen molar-refractivity contribution in [3.8, 4) is 5.88 Å². The molecule has 276 valence electrons. The molecule has 1 spiro atoms. The highest BCUT2D eigenvalue weighted by Crippen LogP contribution is 2.51. The van der Waals surface area contributed by atoms with Crippen LogP contribution in [0.15, 0.2) is 42.6 Å². The molecule has 13 nitrogen and oxygen atoms in total. The Kier molecular flexibility index (Phi) is 9.86. The summed E-state index contributed by atoms with van der Waals surface area (Å²) in [5.74, 6) is 0.944. The molecule has 3 aromatic rings. The van der Waals surface area contributed by atoms with E-state index in [9.17, 15) is 14.4 Å². The minimum Gasteiger partial charge on any atom is -0.472 e. The van der Waals surface area contributed by atoms with E-state index in [2.05, 4.69) is 13.8 Å². The third-order valence-corrected chi connectivity index (χ3v) is 9.45. The molecule has 0 unspecified atom stereocenters. The number of hydrogen-bond acceptors (Lipinski definition) is 9. The molecule has 1 aliphatic carbocycles. The number of ether oxygens (including phenoxy) is 4. The fourth-order valence-corrected chi connectivity index (χ4v) is 7.10. The molecule has 0 radical (unpaired) electrons. The summed E-state index contributed by atoms with van der Waals surface area (Å²) in [6, 6.07) is 11.1. The molecule has 1 atom stereocenters. The molecule has 1 aromatic carbocycles. The van der Waals surface area contributed by atoms with Gasteiger partial charge in [0.05, 0.1) is 12.7 Å². The van der Waals surface area contributed by atoms with E-state index in [-0.39, 0.29) is 42.3 Å². The predicted molar refractivity (Wildman–Crippen MR) is 191 cm³/mol. The van der Waals surface area contributed by atoms with Crippen LogP contribution in [0.2, 0.25) is 0 Å². The summed E-state index contributed by atoms with van der Waals surface area (Å²) in [7, 11) is 0. The second kappa shape index (κ2) is 13.9. The van der Waals surface area contributed by atoms with Gasteiger partial charge in [-0.1, -0.05) is 44.2 Å². The van der Waals surface area contributed by atoms with Crippen molar-refractivity contribution in [3.05, 3.63) is 53.7 Å². The number of benzene rings is 1. The predicted octanol–water partition coefficient (Wildman–Crippen LogP) is 7.17. The van der Waals surface area contributed by atoms with Gasteiger partial charge in [0.2, 0.25) is 5.88 Å². The summed E-state index contributed by atoms with van der Waals surface area (Å²) in [5, 5.41) is 4.70. The summed E-state index contributed by atoms with van der Waals surface area (Å²) in [6.07, 6.45) is 3.12. The van der Waals surface area contributed by atoms with Crippen LogP contribution in [0.25, 0.3) is 5.65 Å². The Morgan fingerprint density at radius 3 is 2.29 bits per heavy atom. The number of nitrogens with zero attached hydrogens (tertiary/aromatic N) is 6. The highest BCUT2D eigenvalue weighted by molar-refractivity contribution is 5.88. The van der Waals surface area contributed by atoms with Gasteiger partial charge in [0.25, 0.3) is 0 Å². The smallest absolute Gasteiger partial charge is 0.416 e. The average molecular weight is 705 g/mol. The summed E-state index contributed by atoms with van der Waals surface area (Å²) in [5.41, 5.74) is 1.03. The Hall–Kier alpha value is -4.55. The zero-order valence-corrected chi connectivity index (χ0v) is 31.2. The second-order valence-electron chi connectivity index (χ2n) is 16.6. The van der Waals surface area contributed by atoms with Crippen molar-refractivity contribution < 1.29 is 33.3 Å². The van der Waals surface area contributed by atoms with E-state index in [0.717, 1.165) is 24.0 Å². The minimum absolute atomic E-state index is 0.0960. The Balaban J connectivity index is 1.23. The molecule has 2 aromatic heterocycles. The molecular weight excluding hydrogens is 652 g/mol. The summed E-state index contributed by atoms with van der Waals surface area (Å²) in [4.78, 5) is 49.7. The van der Waals surface area contributed by atoms with Gasteiger partial charge in [0, 0.05) is 42.7 Å². The maximum Gasteiger partial charge on any atom is 0.416 e. The number of likely N-dealkylation sites (tertiary alicyclic amines) is 2. The van der Waals surface area contributed by atoms with Crippen LogP contribution in [0.3, 0.4) is 0 Å². The number of rotatable bonds is 7.